The molecule has 5 heteroatoms. The van der Waals surface area contributed by atoms with E-state index >= 15 is 0 Å². The molecule has 17 heavy (non-hydrogen) atoms. The van der Waals surface area contributed by atoms with E-state index in [2.05, 4.69) is 40.3 Å². The van der Waals surface area contributed by atoms with Gasteiger partial charge in [-0.05, 0) is 58.3 Å². The maximum absolute atomic E-state index is 5.81. The summed E-state index contributed by atoms with van der Waals surface area (Å²) in [6, 6.07) is 8.09. The van der Waals surface area contributed by atoms with Gasteiger partial charge < -0.3 is 9.73 Å². The first-order chi connectivity index (χ1) is 8.19. The maximum atomic E-state index is 5.81. The van der Waals surface area contributed by atoms with Crippen LogP contribution in [0, 0.1) is 0 Å². The third kappa shape index (κ3) is 3.58. The van der Waals surface area contributed by atoms with E-state index in [4.69, 9.17) is 16.0 Å². The van der Waals surface area contributed by atoms with Gasteiger partial charge in [0.25, 0.3) is 0 Å². The monoisotopic (exact) mass is 333 g/mol. The molecule has 2 aromatic heterocycles. The van der Waals surface area contributed by atoms with Crippen molar-refractivity contribution in [1.82, 2.24) is 5.32 Å². The molecule has 1 unspecified atom stereocenters. The Morgan fingerprint density at radius 1 is 1.41 bits per heavy atom. The van der Waals surface area contributed by atoms with Crippen LogP contribution < -0.4 is 5.32 Å². The van der Waals surface area contributed by atoms with E-state index in [9.17, 15) is 0 Å². The summed E-state index contributed by atoms with van der Waals surface area (Å²) in [5, 5.41) is 3.85. The summed E-state index contributed by atoms with van der Waals surface area (Å²) in [5.41, 5.74) is 0. The number of hydrogen-bond acceptors (Lipinski definition) is 3. The Balaban J connectivity index is 2.12. The van der Waals surface area contributed by atoms with Crippen molar-refractivity contribution in [1.29, 1.82) is 0 Å². The predicted molar refractivity (Wildman–Crippen MR) is 75.9 cm³/mol. The van der Waals surface area contributed by atoms with Crippen LogP contribution in [0.25, 0.3) is 0 Å². The minimum Gasteiger partial charge on any atom is -0.448 e. The third-order valence-electron chi connectivity index (χ3n) is 2.42. The van der Waals surface area contributed by atoms with Crippen LogP contribution in [0.4, 0.5) is 0 Å². The van der Waals surface area contributed by atoms with Gasteiger partial charge in [-0.2, -0.15) is 0 Å². The normalized spacial score (nSPS) is 12.9. The third-order valence-corrected chi connectivity index (χ3v) is 4.27. The van der Waals surface area contributed by atoms with E-state index in [1.165, 1.54) is 4.88 Å². The lowest BCUT2D eigenvalue weighted by molar-refractivity contribution is 0.419. The molecule has 0 aromatic carbocycles. The molecule has 2 heterocycles. The first-order valence-electron chi connectivity index (χ1n) is 5.42. The van der Waals surface area contributed by atoms with Gasteiger partial charge in [-0.1, -0.05) is 6.92 Å². The summed E-state index contributed by atoms with van der Waals surface area (Å²) in [6.45, 7) is 2.98. The van der Waals surface area contributed by atoms with Crippen LogP contribution in [-0.4, -0.2) is 6.54 Å². The summed E-state index contributed by atoms with van der Waals surface area (Å²) in [5.74, 6) is 0.890. The lowest BCUT2D eigenvalue weighted by Crippen LogP contribution is -2.22. The van der Waals surface area contributed by atoms with Gasteiger partial charge in [-0.15, -0.1) is 11.3 Å². The Labute approximate surface area is 118 Å². The molecule has 0 aliphatic rings. The number of hydrogen-bond donors (Lipinski definition) is 1. The van der Waals surface area contributed by atoms with E-state index in [0.29, 0.717) is 5.22 Å². The Bertz CT molecular complexity index is 482. The van der Waals surface area contributed by atoms with Crippen LogP contribution in [0.2, 0.25) is 5.22 Å². The van der Waals surface area contributed by atoms with Gasteiger partial charge in [0.15, 0.2) is 5.22 Å². The van der Waals surface area contributed by atoms with Gasteiger partial charge in [0, 0.05) is 11.3 Å². The highest BCUT2D eigenvalue weighted by Crippen LogP contribution is 2.28. The fourth-order valence-corrected chi connectivity index (χ4v) is 3.38. The highest BCUT2D eigenvalue weighted by atomic mass is 79.9. The average molecular weight is 335 g/mol. The van der Waals surface area contributed by atoms with E-state index in [1.54, 1.807) is 17.4 Å². The quantitative estimate of drug-likeness (QED) is 0.861. The molecule has 0 amide bonds. The van der Waals surface area contributed by atoms with E-state index < -0.39 is 0 Å². The van der Waals surface area contributed by atoms with E-state index in [-0.39, 0.29) is 6.04 Å². The molecule has 2 rings (SSSR count). The van der Waals surface area contributed by atoms with Crippen molar-refractivity contribution in [2.75, 3.05) is 6.54 Å². The van der Waals surface area contributed by atoms with E-state index in [1.807, 2.05) is 6.07 Å². The smallest absolute Gasteiger partial charge is 0.193 e. The Hall–Kier alpha value is -0.290. The van der Waals surface area contributed by atoms with Crippen molar-refractivity contribution in [3.63, 3.8) is 0 Å². The van der Waals surface area contributed by atoms with Crippen molar-refractivity contribution in [2.45, 2.75) is 19.4 Å². The topological polar surface area (TPSA) is 25.2 Å². The molecule has 1 atom stereocenters. The van der Waals surface area contributed by atoms with Crippen LogP contribution in [0.3, 0.4) is 0 Å². The van der Waals surface area contributed by atoms with Crippen LogP contribution in [0.1, 0.15) is 23.6 Å². The van der Waals surface area contributed by atoms with Gasteiger partial charge in [-0.25, -0.2) is 0 Å². The lowest BCUT2D eigenvalue weighted by Gasteiger charge is -2.14. The number of rotatable bonds is 5. The molecular formula is C12H13BrClNOS. The summed E-state index contributed by atoms with van der Waals surface area (Å²) in [7, 11) is 0. The van der Waals surface area contributed by atoms with Gasteiger partial charge in [0.05, 0.1) is 9.83 Å². The Kier molecular flexibility index (Phi) is 4.68. The molecule has 0 fully saturated rings. The maximum Gasteiger partial charge on any atom is 0.193 e. The number of thiophene rings is 1. The molecule has 0 saturated carbocycles. The Morgan fingerprint density at radius 3 is 2.76 bits per heavy atom. The summed E-state index contributed by atoms with van der Waals surface area (Å²) in [4.78, 5) is 1.32. The fraction of sp³-hybridized carbons (Fsp3) is 0.333. The minimum absolute atomic E-state index is 0.179. The van der Waals surface area contributed by atoms with Crippen molar-refractivity contribution in [2.24, 2.45) is 0 Å². The highest BCUT2D eigenvalue weighted by Gasteiger charge is 2.16. The molecule has 0 bridgehead atoms. The molecule has 2 aromatic rings. The number of nitrogens with one attached hydrogen (secondary N) is 1. The minimum atomic E-state index is 0.179. The second-order valence-electron chi connectivity index (χ2n) is 3.66. The molecule has 0 saturated heterocycles. The fourth-order valence-electron chi connectivity index (χ4n) is 1.70. The SMILES string of the molecule is CCNC(Cc1ccc(Br)s1)c1ccc(Cl)o1. The molecule has 2 nitrogen and oxygen atoms in total. The van der Waals surface area contributed by atoms with Crippen molar-refractivity contribution in [3.8, 4) is 0 Å². The standard InChI is InChI=1S/C12H13BrClNOS/c1-2-15-9(10-4-6-12(14)16-10)7-8-3-5-11(13)17-8/h3-6,9,15H,2,7H2,1H3. The second-order valence-corrected chi connectivity index (χ2v) is 6.58. The summed E-state index contributed by atoms with van der Waals surface area (Å²) in [6.07, 6.45) is 0.911. The second kappa shape index (κ2) is 6.05. The van der Waals surface area contributed by atoms with Crippen molar-refractivity contribution in [3.05, 3.63) is 43.9 Å². The Morgan fingerprint density at radius 2 is 2.24 bits per heavy atom. The molecule has 0 radical (unpaired) electrons. The zero-order chi connectivity index (χ0) is 12.3. The molecule has 1 N–H and O–H groups in total. The summed E-state index contributed by atoms with van der Waals surface area (Å²) >= 11 is 11.0. The average Bonchev–Trinajstić information content (AvgIpc) is 2.87. The molecular weight excluding hydrogens is 322 g/mol. The first-order valence-corrected chi connectivity index (χ1v) is 7.40. The predicted octanol–water partition coefficient (Wildman–Crippen LogP) is 4.65. The lowest BCUT2D eigenvalue weighted by atomic mass is 10.1. The van der Waals surface area contributed by atoms with Gasteiger partial charge >= 0.3 is 0 Å². The van der Waals surface area contributed by atoms with Crippen molar-refractivity contribution < 1.29 is 4.42 Å². The van der Waals surface area contributed by atoms with Crippen LogP contribution >= 0.6 is 38.9 Å². The van der Waals surface area contributed by atoms with Crippen molar-refractivity contribution >= 4 is 38.9 Å². The van der Waals surface area contributed by atoms with Crippen LogP contribution in [0.15, 0.2) is 32.5 Å². The zero-order valence-electron chi connectivity index (χ0n) is 9.37. The van der Waals surface area contributed by atoms with Crippen LogP contribution in [-0.2, 0) is 6.42 Å². The highest BCUT2D eigenvalue weighted by molar-refractivity contribution is 9.11. The van der Waals surface area contributed by atoms with Gasteiger partial charge in [0.2, 0.25) is 0 Å². The number of halogens is 2. The molecule has 0 aliphatic heterocycles. The number of furan rings is 1. The van der Waals surface area contributed by atoms with E-state index in [0.717, 1.165) is 22.5 Å². The van der Waals surface area contributed by atoms with Crippen LogP contribution in [0.5, 0.6) is 0 Å². The zero-order valence-corrected chi connectivity index (χ0v) is 12.5. The number of likely N-dealkylation sites (N-methyl/N-ethyl adjacent to an activating group) is 1. The van der Waals surface area contributed by atoms with Gasteiger partial charge in [0.1, 0.15) is 5.76 Å². The molecule has 0 aliphatic carbocycles. The summed E-state index contributed by atoms with van der Waals surface area (Å²) < 4.78 is 6.63. The molecule has 92 valence electrons. The van der Waals surface area contributed by atoms with Gasteiger partial charge in [-0.3, -0.25) is 0 Å². The largest absolute Gasteiger partial charge is 0.448 e. The molecule has 0 spiro atoms. The first kappa shape index (κ1) is 13.1.